The predicted molar refractivity (Wildman–Crippen MR) is 185 cm³/mol. The average Bonchev–Trinajstić information content (AvgIpc) is 3.61. The third-order valence-electron chi connectivity index (χ3n) is 9.39. The molecule has 0 aliphatic heterocycles. The van der Waals surface area contributed by atoms with E-state index in [9.17, 15) is 25.5 Å². The lowest BCUT2D eigenvalue weighted by atomic mass is 9.85. The minimum absolute atomic E-state index is 0.0749. The van der Waals surface area contributed by atoms with Gasteiger partial charge in [-0.15, -0.1) is 5.92 Å². The molecule has 10 nitrogen and oxygen atoms in total. The lowest BCUT2D eigenvalue weighted by Crippen LogP contribution is -2.36. The third kappa shape index (κ3) is 11.2. The third-order valence-corrected chi connectivity index (χ3v) is 9.39. The van der Waals surface area contributed by atoms with Gasteiger partial charge in [0.1, 0.15) is 18.0 Å². The van der Waals surface area contributed by atoms with Crippen molar-refractivity contribution >= 4 is 5.82 Å². The maximum absolute atomic E-state index is 11.4. The van der Waals surface area contributed by atoms with E-state index in [0.29, 0.717) is 43.8 Å². The van der Waals surface area contributed by atoms with Gasteiger partial charge in [-0.25, -0.2) is 4.98 Å². The highest BCUT2D eigenvalue weighted by Crippen LogP contribution is 2.34. The molecule has 1 aromatic carbocycles. The molecule has 0 amide bonds. The molecule has 0 fully saturated rings. The van der Waals surface area contributed by atoms with Crippen molar-refractivity contribution < 1.29 is 35.0 Å². The Hall–Kier alpha value is -3.59. The standard InChI is InChI=1S/C38H53N3O7/c1-2-26-7-3-4-11-35(47-20-19-42)31(10-5-8-26)32(44)14-12-27-13-15-33(45)36(21-27)48-37(34(46)25-43)23-29(22-30-9-6-17-40-30)28-16-18-41-38(39)24-28/h6,9,13,15-18,21,24,26,29,31-32,34-35,37,40,42-46H,2-4,7,10-12,14,19-20,22-23,25H2,1H3,(H2,39,41). The van der Waals surface area contributed by atoms with Gasteiger partial charge in [0.25, 0.3) is 0 Å². The molecule has 10 heteroatoms. The molecule has 0 saturated carbocycles. The Kier molecular flexibility index (Phi) is 15.1. The number of aromatic nitrogens is 2. The number of nitrogens with zero attached hydrogens (tertiary/aromatic N) is 1. The summed E-state index contributed by atoms with van der Waals surface area (Å²) in [6.45, 7) is 1.78. The molecule has 2 aromatic heterocycles. The lowest BCUT2D eigenvalue weighted by molar-refractivity contribution is -0.0515. The molecule has 0 bridgehead atoms. The Bertz CT molecular complexity index is 1420. The van der Waals surface area contributed by atoms with Crippen LogP contribution in [0.5, 0.6) is 11.5 Å². The maximum atomic E-state index is 11.4. The Morgan fingerprint density at radius 2 is 1.94 bits per heavy atom. The number of nitrogens with two attached hydrogens (primary N) is 1. The number of phenols is 1. The zero-order valence-electron chi connectivity index (χ0n) is 28.0. The highest BCUT2D eigenvalue weighted by atomic mass is 16.5. The van der Waals surface area contributed by atoms with Gasteiger partial charge in [-0.05, 0) is 98.4 Å². The highest BCUT2D eigenvalue weighted by Gasteiger charge is 2.30. The first-order valence-electron chi connectivity index (χ1n) is 17.3. The second-order valence-corrected chi connectivity index (χ2v) is 12.9. The molecule has 2 heterocycles. The molecule has 7 unspecified atom stereocenters. The van der Waals surface area contributed by atoms with Crippen molar-refractivity contribution in [2.75, 3.05) is 25.6 Å². The molecule has 1 aliphatic rings. The quantitative estimate of drug-likeness (QED) is 0.103. The van der Waals surface area contributed by atoms with Crippen LogP contribution in [0.1, 0.15) is 81.0 Å². The first kappa shape index (κ1) is 37.2. The molecular formula is C38H53N3O7. The predicted octanol–water partition coefficient (Wildman–Crippen LogP) is 4.50. The van der Waals surface area contributed by atoms with E-state index in [-0.39, 0.29) is 42.7 Å². The van der Waals surface area contributed by atoms with Gasteiger partial charge in [-0.2, -0.15) is 0 Å². The van der Waals surface area contributed by atoms with E-state index in [4.69, 9.17) is 15.2 Å². The van der Waals surface area contributed by atoms with Crippen molar-refractivity contribution in [2.45, 2.75) is 101 Å². The number of phenolic OH excluding ortho intramolecular Hbond substituents is 1. The Balaban J connectivity index is 1.49. The number of hydrogen-bond donors (Lipinski definition) is 7. The Labute approximate surface area is 284 Å². The van der Waals surface area contributed by atoms with Crippen molar-refractivity contribution in [1.29, 1.82) is 0 Å². The summed E-state index contributed by atoms with van der Waals surface area (Å²) in [6, 6.07) is 12.6. The number of aromatic hydroxyl groups is 1. The summed E-state index contributed by atoms with van der Waals surface area (Å²) in [7, 11) is 0. The minimum atomic E-state index is -1.21. The van der Waals surface area contributed by atoms with Crippen molar-refractivity contribution in [3.05, 3.63) is 71.7 Å². The van der Waals surface area contributed by atoms with Gasteiger partial charge in [0.2, 0.25) is 0 Å². The zero-order valence-corrected chi connectivity index (χ0v) is 28.0. The van der Waals surface area contributed by atoms with Crippen LogP contribution >= 0.6 is 0 Å². The number of H-pyrrole nitrogens is 1. The molecule has 0 spiro atoms. The van der Waals surface area contributed by atoms with Crippen LogP contribution in [0.15, 0.2) is 54.9 Å². The van der Waals surface area contributed by atoms with Crippen LogP contribution in [0.4, 0.5) is 5.82 Å². The normalized spacial score (nSPS) is 21.0. The van der Waals surface area contributed by atoms with E-state index in [1.807, 2.05) is 24.4 Å². The smallest absolute Gasteiger partial charge is 0.161 e. The summed E-state index contributed by atoms with van der Waals surface area (Å²) in [5, 5.41) is 52.4. The summed E-state index contributed by atoms with van der Waals surface area (Å²) in [4.78, 5) is 7.34. The molecule has 0 saturated heterocycles. The highest BCUT2D eigenvalue weighted by molar-refractivity contribution is 5.42. The van der Waals surface area contributed by atoms with Crippen molar-refractivity contribution in [1.82, 2.24) is 9.97 Å². The van der Waals surface area contributed by atoms with Gasteiger partial charge in [-0.1, -0.05) is 31.8 Å². The number of benzene rings is 1. The van der Waals surface area contributed by atoms with Crippen LogP contribution in [0.2, 0.25) is 0 Å². The lowest BCUT2D eigenvalue weighted by Gasteiger charge is -2.31. The number of ether oxygens (including phenoxy) is 2. The zero-order chi connectivity index (χ0) is 34.3. The number of aryl methyl sites for hydroxylation is 1. The SMILES string of the molecule is CCC1C#CCC(C(O)CCc2ccc(O)c(OC(CC(Cc3ccc[nH]3)c3ccnc(N)c3)C(O)CO)c2)C(OCCO)CCCC1. The number of hydrogen-bond acceptors (Lipinski definition) is 9. The van der Waals surface area contributed by atoms with E-state index in [0.717, 1.165) is 48.9 Å². The van der Waals surface area contributed by atoms with Crippen molar-refractivity contribution in [3.63, 3.8) is 0 Å². The second kappa shape index (κ2) is 19.4. The van der Waals surface area contributed by atoms with Crippen LogP contribution in [0.25, 0.3) is 0 Å². The van der Waals surface area contributed by atoms with Crippen LogP contribution in [0.3, 0.4) is 0 Å². The minimum Gasteiger partial charge on any atom is -0.504 e. The molecule has 1 aliphatic carbocycles. The molecule has 7 atom stereocenters. The van der Waals surface area contributed by atoms with E-state index >= 15 is 0 Å². The fourth-order valence-corrected chi connectivity index (χ4v) is 6.57. The maximum Gasteiger partial charge on any atom is 0.161 e. The second-order valence-electron chi connectivity index (χ2n) is 12.9. The van der Waals surface area contributed by atoms with Gasteiger partial charge in [-0.3, -0.25) is 0 Å². The number of aliphatic hydroxyl groups is 4. The van der Waals surface area contributed by atoms with Gasteiger partial charge in [0.15, 0.2) is 11.5 Å². The van der Waals surface area contributed by atoms with Crippen LogP contribution in [-0.2, 0) is 17.6 Å². The van der Waals surface area contributed by atoms with Crippen LogP contribution in [-0.4, -0.2) is 79.7 Å². The average molecular weight is 664 g/mol. The van der Waals surface area contributed by atoms with Gasteiger partial charge >= 0.3 is 0 Å². The van der Waals surface area contributed by atoms with Crippen molar-refractivity contribution in [3.8, 4) is 23.3 Å². The van der Waals surface area contributed by atoms with Gasteiger partial charge in [0.05, 0.1) is 32.0 Å². The van der Waals surface area contributed by atoms with Gasteiger partial charge in [0, 0.05) is 36.3 Å². The number of aliphatic hydroxyl groups excluding tert-OH is 4. The molecule has 8 N–H and O–H groups in total. The van der Waals surface area contributed by atoms with E-state index < -0.39 is 24.9 Å². The molecule has 3 aromatic rings. The molecule has 0 radical (unpaired) electrons. The summed E-state index contributed by atoms with van der Waals surface area (Å²) >= 11 is 0. The summed E-state index contributed by atoms with van der Waals surface area (Å²) in [5.41, 5.74) is 8.75. The number of pyridine rings is 1. The molecular weight excluding hydrogens is 610 g/mol. The number of rotatable bonds is 17. The number of aromatic amines is 1. The summed E-state index contributed by atoms with van der Waals surface area (Å²) in [5.74, 6) is 7.23. The fourth-order valence-electron chi connectivity index (χ4n) is 6.57. The first-order chi connectivity index (χ1) is 23.3. The summed E-state index contributed by atoms with van der Waals surface area (Å²) < 4.78 is 12.3. The Morgan fingerprint density at radius 3 is 2.67 bits per heavy atom. The van der Waals surface area contributed by atoms with Crippen LogP contribution < -0.4 is 10.5 Å². The number of nitrogens with one attached hydrogen (secondary N) is 1. The van der Waals surface area contributed by atoms with E-state index in [1.54, 1.807) is 30.5 Å². The number of anilines is 1. The molecule has 4 rings (SSSR count). The van der Waals surface area contributed by atoms with Gasteiger partial charge < -0.3 is 45.7 Å². The first-order valence-corrected chi connectivity index (χ1v) is 17.3. The van der Waals surface area contributed by atoms with Crippen LogP contribution in [0, 0.1) is 23.7 Å². The topological polar surface area (TPSA) is 174 Å². The largest absolute Gasteiger partial charge is 0.504 e. The monoisotopic (exact) mass is 663 g/mol. The fraction of sp³-hybridized carbons (Fsp3) is 0.553. The van der Waals surface area contributed by atoms with E-state index in [1.165, 1.54) is 0 Å². The molecule has 262 valence electrons. The van der Waals surface area contributed by atoms with E-state index in [2.05, 4.69) is 28.7 Å². The number of nitrogen functional groups attached to an aromatic ring is 1. The Morgan fingerprint density at radius 1 is 1.10 bits per heavy atom. The molecule has 48 heavy (non-hydrogen) atoms. The summed E-state index contributed by atoms with van der Waals surface area (Å²) in [6.07, 6.45) is 7.86. The van der Waals surface area contributed by atoms with Crippen molar-refractivity contribution in [2.24, 2.45) is 11.8 Å².